The zero-order valence-electron chi connectivity index (χ0n) is 15.6. The molecule has 0 unspecified atom stereocenters. The summed E-state index contributed by atoms with van der Waals surface area (Å²) in [7, 11) is 1.29. The number of carbonyl (C=O) groups excluding carboxylic acids is 2. The molecule has 4 saturated carbocycles. The minimum absolute atomic E-state index is 0.194. The number of ether oxygens (including phenoxy) is 1. The van der Waals surface area contributed by atoms with Gasteiger partial charge >= 0.3 is 12.0 Å². The Hall–Kier alpha value is -2.11. The molecule has 4 aliphatic carbocycles. The van der Waals surface area contributed by atoms with E-state index in [9.17, 15) is 14.0 Å². The minimum atomic E-state index is -0.839. The maximum absolute atomic E-state index is 13.4. The lowest BCUT2D eigenvalue weighted by Crippen LogP contribution is -2.59. The molecule has 4 bridgehead atoms. The third kappa shape index (κ3) is 3.94. The number of esters is 1. The summed E-state index contributed by atoms with van der Waals surface area (Å²) in [5.74, 6) is 1.90. The molecule has 2 N–H and O–H groups in total. The van der Waals surface area contributed by atoms with Crippen molar-refractivity contribution in [3.63, 3.8) is 0 Å². The molecule has 27 heavy (non-hydrogen) atoms. The van der Waals surface area contributed by atoms with Gasteiger partial charge in [0.25, 0.3) is 0 Å². The Morgan fingerprint density at radius 2 is 1.81 bits per heavy atom. The lowest BCUT2D eigenvalue weighted by atomic mass is 9.54. The first-order valence-corrected chi connectivity index (χ1v) is 9.91. The molecule has 0 spiro atoms. The molecule has 4 aliphatic rings. The minimum Gasteiger partial charge on any atom is -0.467 e. The van der Waals surface area contributed by atoms with E-state index in [0.717, 1.165) is 11.8 Å². The van der Waals surface area contributed by atoms with Gasteiger partial charge in [0.1, 0.15) is 11.9 Å². The van der Waals surface area contributed by atoms with Crippen molar-refractivity contribution in [2.45, 2.75) is 50.6 Å². The molecule has 0 radical (unpaired) electrons. The van der Waals surface area contributed by atoms with E-state index in [2.05, 4.69) is 10.6 Å². The highest BCUT2D eigenvalue weighted by Gasteiger charge is 2.48. The van der Waals surface area contributed by atoms with Gasteiger partial charge in [-0.25, -0.2) is 14.0 Å². The molecule has 1 aromatic rings. The van der Waals surface area contributed by atoms with Gasteiger partial charge < -0.3 is 15.4 Å². The molecule has 1 atom stereocenters. The molecular formula is C21H27FN2O3. The second-order valence-corrected chi connectivity index (χ2v) is 8.48. The van der Waals surface area contributed by atoms with Crippen LogP contribution < -0.4 is 10.6 Å². The van der Waals surface area contributed by atoms with E-state index in [4.69, 9.17) is 4.74 Å². The second kappa shape index (κ2) is 7.49. The Kier molecular flexibility index (Phi) is 5.06. The van der Waals surface area contributed by atoms with Crippen molar-refractivity contribution in [2.24, 2.45) is 23.7 Å². The molecular weight excluding hydrogens is 347 g/mol. The number of hydrogen-bond acceptors (Lipinski definition) is 3. The Labute approximate surface area is 159 Å². The molecule has 0 aromatic heterocycles. The van der Waals surface area contributed by atoms with Crippen molar-refractivity contribution >= 4 is 12.0 Å². The van der Waals surface area contributed by atoms with Gasteiger partial charge in [-0.3, -0.25) is 0 Å². The molecule has 4 fully saturated rings. The Morgan fingerprint density at radius 3 is 2.41 bits per heavy atom. The number of methoxy groups -OCH3 is 1. The number of nitrogens with one attached hydrogen (secondary N) is 2. The summed E-state index contributed by atoms with van der Waals surface area (Å²) in [6.45, 7) is 0. The van der Waals surface area contributed by atoms with Crippen LogP contribution in [0.25, 0.3) is 0 Å². The van der Waals surface area contributed by atoms with E-state index < -0.39 is 12.0 Å². The summed E-state index contributed by atoms with van der Waals surface area (Å²) in [6.07, 6.45) is 6.40. The van der Waals surface area contributed by atoms with Crippen molar-refractivity contribution in [1.29, 1.82) is 0 Å². The van der Waals surface area contributed by atoms with Gasteiger partial charge in [-0.15, -0.1) is 0 Å². The highest BCUT2D eigenvalue weighted by molar-refractivity contribution is 5.84. The van der Waals surface area contributed by atoms with E-state index in [1.807, 2.05) is 0 Å². The van der Waals surface area contributed by atoms with E-state index >= 15 is 0 Å². The van der Waals surface area contributed by atoms with Crippen LogP contribution in [0.1, 0.15) is 37.7 Å². The van der Waals surface area contributed by atoms with Crippen LogP contribution in [-0.4, -0.2) is 31.2 Å². The number of rotatable bonds is 5. The summed E-state index contributed by atoms with van der Waals surface area (Å²) in [4.78, 5) is 24.7. The van der Waals surface area contributed by atoms with Crippen LogP contribution in [-0.2, 0) is 16.0 Å². The molecule has 146 valence electrons. The fourth-order valence-electron chi connectivity index (χ4n) is 5.75. The molecule has 1 aromatic carbocycles. The summed E-state index contributed by atoms with van der Waals surface area (Å²) < 4.78 is 18.2. The standard InChI is InChI=1S/C21H27FN2O3/c1-27-20(25)18(11-12-3-2-4-17(22)10-12)23-21(26)24-19-15-6-13-5-14(8-15)9-16(19)7-13/h2-4,10,13-16,18-19H,5-9,11H2,1H3,(H2,23,24,26)/t13?,14?,15?,16?,18-,19?/m1/s1. The number of carbonyl (C=O) groups is 2. The third-order valence-corrected chi connectivity index (χ3v) is 6.64. The fourth-order valence-corrected chi connectivity index (χ4v) is 5.75. The SMILES string of the molecule is COC(=O)[C@@H](Cc1cccc(F)c1)NC(=O)NC1C2CC3CC(C2)CC1C3. The number of benzene rings is 1. The van der Waals surface area contributed by atoms with Gasteiger partial charge in [0.05, 0.1) is 7.11 Å². The highest BCUT2D eigenvalue weighted by Crippen LogP contribution is 2.53. The van der Waals surface area contributed by atoms with Crippen LogP contribution in [0.15, 0.2) is 24.3 Å². The molecule has 2 amide bonds. The largest absolute Gasteiger partial charge is 0.467 e. The van der Waals surface area contributed by atoms with Crippen LogP contribution in [0.5, 0.6) is 0 Å². The van der Waals surface area contributed by atoms with Gasteiger partial charge in [-0.1, -0.05) is 12.1 Å². The van der Waals surface area contributed by atoms with Crippen molar-refractivity contribution in [1.82, 2.24) is 10.6 Å². The predicted octanol–water partition coefficient (Wildman–Crippen LogP) is 3.03. The van der Waals surface area contributed by atoms with Crippen LogP contribution in [0.4, 0.5) is 9.18 Å². The summed E-state index contributed by atoms with van der Waals surface area (Å²) >= 11 is 0. The topological polar surface area (TPSA) is 67.4 Å². The van der Waals surface area contributed by atoms with Crippen molar-refractivity contribution < 1.29 is 18.7 Å². The van der Waals surface area contributed by atoms with Gasteiger partial charge in [-0.2, -0.15) is 0 Å². The van der Waals surface area contributed by atoms with Gasteiger partial charge in [-0.05, 0) is 73.5 Å². The zero-order chi connectivity index (χ0) is 19.0. The first kappa shape index (κ1) is 18.3. The molecule has 5 nitrogen and oxygen atoms in total. The summed E-state index contributed by atoms with van der Waals surface area (Å²) in [5.41, 5.74) is 0.639. The number of halogens is 1. The molecule has 0 heterocycles. The van der Waals surface area contributed by atoms with E-state index in [0.29, 0.717) is 17.4 Å². The lowest BCUT2D eigenvalue weighted by molar-refractivity contribution is -0.142. The maximum atomic E-state index is 13.4. The van der Waals surface area contributed by atoms with Gasteiger partial charge in [0.15, 0.2) is 0 Å². The van der Waals surface area contributed by atoms with E-state index in [1.165, 1.54) is 51.3 Å². The molecule has 0 saturated heterocycles. The Bertz CT molecular complexity index is 695. The molecule has 5 rings (SSSR count). The van der Waals surface area contributed by atoms with Crippen LogP contribution in [0.2, 0.25) is 0 Å². The third-order valence-electron chi connectivity index (χ3n) is 6.64. The van der Waals surface area contributed by atoms with Crippen molar-refractivity contribution in [2.75, 3.05) is 7.11 Å². The van der Waals surface area contributed by atoms with Crippen molar-refractivity contribution in [3.8, 4) is 0 Å². The Balaban J connectivity index is 1.39. The average Bonchev–Trinajstić information content (AvgIpc) is 2.63. The van der Waals surface area contributed by atoms with Gasteiger partial charge in [0.2, 0.25) is 0 Å². The summed E-state index contributed by atoms with van der Waals surface area (Å²) in [6, 6.07) is 5.07. The lowest BCUT2D eigenvalue weighted by Gasteiger charge is -2.54. The quantitative estimate of drug-likeness (QED) is 0.779. The van der Waals surface area contributed by atoms with Gasteiger partial charge in [0, 0.05) is 12.5 Å². The van der Waals surface area contributed by atoms with Crippen LogP contribution >= 0.6 is 0 Å². The second-order valence-electron chi connectivity index (χ2n) is 8.48. The fraction of sp³-hybridized carbons (Fsp3) is 0.619. The number of hydrogen-bond donors (Lipinski definition) is 2. The number of amides is 2. The normalized spacial score (nSPS) is 32.0. The maximum Gasteiger partial charge on any atom is 0.328 e. The highest BCUT2D eigenvalue weighted by atomic mass is 19.1. The molecule has 6 heteroatoms. The number of urea groups is 1. The van der Waals surface area contributed by atoms with Crippen LogP contribution in [0, 0.1) is 29.5 Å². The first-order valence-electron chi connectivity index (χ1n) is 9.91. The average molecular weight is 374 g/mol. The first-order chi connectivity index (χ1) is 13.0. The summed E-state index contributed by atoms with van der Waals surface area (Å²) in [5, 5.41) is 5.88. The van der Waals surface area contributed by atoms with E-state index in [-0.39, 0.29) is 24.3 Å². The van der Waals surface area contributed by atoms with E-state index in [1.54, 1.807) is 12.1 Å². The smallest absolute Gasteiger partial charge is 0.328 e. The molecule has 0 aliphatic heterocycles. The zero-order valence-corrected chi connectivity index (χ0v) is 15.6. The van der Waals surface area contributed by atoms with Crippen LogP contribution in [0.3, 0.4) is 0 Å². The predicted molar refractivity (Wildman–Crippen MR) is 98.4 cm³/mol. The van der Waals surface area contributed by atoms with Crippen molar-refractivity contribution in [3.05, 3.63) is 35.6 Å². The Morgan fingerprint density at radius 1 is 1.15 bits per heavy atom. The monoisotopic (exact) mass is 374 g/mol.